The van der Waals surface area contributed by atoms with Crippen LogP contribution in [0.4, 0.5) is 5.13 Å². The molecule has 0 spiro atoms. The molecule has 5 heteroatoms. The predicted molar refractivity (Wildman–Crippen MR) is 81.3 cm³/mol. The Morgan fingerprint density at radius 1 is 1.33 bits per heavy atom. The molecule has 0 unspecified atom stereocenters. The maximum absolute atomic E-state index is 5.66. The normalized spacial score (nSPS) is 19.4. The fraction of sp³-hybridized carbons (Fsp3) is 0.769. The van der Waals surface area contributed by atoms with Gasteiger partial charge in [0.05, 0.1) is 0 Å². The van der Waals surface area contributed by atoms with E-state index in [2.05, 4.69) is 23.7 Å². The van der Waals surface area contributed by atoms with Crippen molar-refractivity contribution in [3.63, 3.8) is 0 Å². The summed E-state index contributed by atoms with van der Waals surface area (Å²) in [5, 5.41) is 0.688. The minimum atomic E-state index is 0. The molecule has 18 heavy (non-hydrogen) atoms. The lowest BCUT2D eigenvalue weighted by Crippen LogP contribution is -2.39. The summed E-state index contributed by atoms with van der Waals surface area (Å²) in [6.07, 6.45) is 7.25. The van der Waals surface area contributed by atoms with Crippen molar-refractivity contribution in [1.82, 2.24) is 9.88 Å². The molecular formula is C13H24ClN3S. The van der Waals surface area contributed by atoms with Crippen molar-refractivity contribution >= 4 is 28.9 Å². The van der Waals surface area contributed by atoms with E-state index < -0.39 is 0 Å². The minimum Gasteiger partial charge on any atom is -0.375 e. The topological polar surface area (TPSA) is 42.2 Å². The Morgan fingerprint density at radius 3 is 2.39 bits per heavy atom. The SMILES string of the molecule is CCC1(CC)CCN(Cc2cnc(N)s2)CC1.Cl. The fourth-order valence-electron chi connectivity index (χ4n) is 2.76. The molecule has 0 aromatic carbocycles. The van der Waals surface area contributed by atoms with Gasteiger partial charge in [-0.2, -0.15) is 0 Å². The third-order valence-electron chi connectivity index (χ3n) is 4.37. The maximum atomic E-state index is 5.66. The Hall–Kier alpha value is -0.320. The Kier molecular flexibility index (Phi) is 5.89. The Morgan fingerprint density at radius 2 is 1.94 bits per heavy atom. The first kappa shape index (κ1) is 15.7. The summed E-state index contributed by atoms with van der Waals surface area (Å²) >= 11 is 1.62. The third kappa shape index (κ3) is 3.59. The van der Waals surface area contributed by atoms with Gasteiger partial charge in [-0.1, -0.05) is 26.7 Å². The Labute approximate surface area is 120 Å². The van der Waals surface area contributed by atoms with Crippen molar-refractivity contribution in [2.45, 2.75) is 46.1 Å². The van der Waals surface area contributed by atoms with Gasteiger partial charge in [0.25, 0.3) is 0 Å². The average molecular weight is 290 g/mol. The first-order chi connectivity index (χ1) is 8.17. The third-order valence-corrected chi connectivity index (χ3v) is 5.18. The second kappa shape index (κ2) is 6.73. The molecule has 0 saturated carbocycles. The zero-order chi connectivity index (χ0) is 12.3. The quantitative estimate of drug-likeness (QED) is 0.922. The molecule has 1 aromatic rings. The molecule has 104 valence electrons. The van der Waals surface area contributed by atoms with E-state index in [0.717, 1.165) is 6.54 Å². The van der Waals surface area contributed by atoms with Gasteiger partial charge in [-0.25, -0.2) is 4.98 Å². The van der Waals surface area contributed by atoms with Crippen molar-refractivity contribution in [2.75, 3.05) is 18.8 Å². The summed E-state index contributed by atoms with van der Waals surface area (Å²) in [6, 6.07) is 0. The highest BCUT2D eigenvalue weighted by Gasteiger charge is 2.31. The summed E-state index contributed by atoms with van der Waals surface area (Å²) in [6.45, 7) is 8.14. The van der Waals surface area contributed by atoms with Crippen LogP contribution in [0, 0.1) is 5.41 Å². The second-order valence-corrected chi connectivity index (χ2v) is 6.29. The monoisotopic (exact) mass is 289 g/mol. The molecule has 2 N–H and O–H groups in total. The molecule has 3 nitrogen and oxygen atoms in total. The summed E-state index contributed by atoms with van der Waals surface area (Å²) in [5.74, 6) is 0. The van der Waals surface area contributed by atoms with Crippen LogP contribution in [0.15, 0.2) is 6.20 Å². The molecule has 0 atom stereocenters. The van der Waals surface area contributed by atoms with Crippen LogP contribution < -0.4 is 5.73 Å². The number of aromatic nitrogens is 1. The predicted octanol–water partition coefficient (Wildman–Crippen LogP) is 3.55. The van der Waals surface area contributed by atoms with E-state index in [1.165, 1.54) is 43.6 Å². The molecule has 0 bridgehead atoms. The van der Waals surface area contributed by atoms with Crippen molar-refractivity contribution in [2.24, 2.45) is 5.41 Å². The van der Waals surface area contributed by atoms with Gasteiger partial charge in [0.1, 0.15) is 0 Å². The standard InChI is InChI=1S/C13H23N3S.ClH/c1-3-13(4-2)5-7-16(8-6-13)10-11-9-15-12(14)17-11;/h9H,3-8,10H2,1-2H3,(H2,14,15);1H. The number of anilines is 1. The molecule has 0 amide bonds. The van der Waals surface area contributed by atoms with E-state index in [-0.39, 0.29) is 12.4 Å². The van der Waals surface area contributed by atoms with Crippen LogP contribution in [0.3, 0.4) is 0 Å². The van der Waals surface area contributed by atoms with Crippen molar-refractivity contribution < 1.29 is 0 Å². The van der Waals surface area contributed by atoms with E-state index >= 15 is 0 Å². The number of nitrogen functional groups attached to an aromatic ring is 1. The second-order valence-electron chi connectivity index (χ2n) is 5.15. The van der Waals surface area contributed by atoms with Crippen LogP contribution >= 0.6 is 23.7 Å². The zero-order valence-corrected chi connectivity index (χ0v) is 12.9. The van der Waals surface area contributed by atoms with Crippen LogP contribution in [0.5, 0.6) is 0 Å². The molecular weight excluding hydrogens is 266 g/mol. The number of nitrogens with two attached hydrogens (primary N) is 1. The molecule has 1 aromatic heterocycles. The van der Waals surface area contributed by atoms with Crippen LogP contribution in [-0.2, 0) is 6.54 Å². The molecule has 0 radical (unpaired) electrons. The van der Waals surface area contributed by atoms with E-state index in [4.69, 9.17) is 5.73 Å². The number of halogens is 1. The first-order valence-corrected chi connectivity index (χ1v) is 7.41. The van der Waals surface area contributed by atoms with Gasteiger partial charge in [0.2, 0.25) is 0 Å². The molecule has 2 heterocycles. The summed E-state index contributed by atoms with van der Waals surface area (Å²) in [5.41, 5.74) is 6.27. The van der Waals surface area contributed by atoms with Gasteiger partial charge in [-0.3, -0.25) is 4.90 Å². The Balaban J connectivity index is 0.00000162. The highest BCUT2D eigenvalue weighted by atomic mass is 35.5. The number of likely N-dealkylation sites (tertiary alicyclic amines) is 1. The smallest absolute Gasteiger partial charge is 0.180 e. The fourth-order valence-corrected chi connectivity index (χ4v) is 3.49. The minimum absolute atomic E-state index is 0. The highest BCUT2D eigenvalue weighted by molar-refractivity contribution is 7.15. The van der Waals surface area contributed by atoms with Crippen molar-refractivity contribution in [3.05, 3.63) is 11.1 Å². The van der Waals surface area contributed by atoms with E-state index in [1.54, 1.807) is 11.3 Å². The molecule has 0 aliphatic carbocycles. The van der Waals surface area contributed by atoms with Crippen LogP contribution in [-0.4, -0.2) is 23.0 Å². The maximum Gasteiger partial charge on any atom is 0.180 e. The summed E-state index contributed by atoms with van der Waals surface area (Å²) in [4.78, 5) is 7.95. The average Bonchev–Trinajstić information content (AvgIpc) is 2.76. The van der Waals surface area contributed by atoms with Crippen molar-refractivity contribution in [3.8, 4) is 0 Å². The summed E-state index contributed by atoms with van der Waals surface area (Å²) in [7, 11) is 0. The van der Waals surface area contributed by atoms with Gasteiger partial charge in [0, 0.05) is 17.6 Å². The number of piperidine rings is 1. The van der Waals surface area contributed by atoms with Gasteiger partial charge in [-0.05, 0) is 31.3 Å². The van der Waals surface area contributed by atoms with E-state index in [9.17, 15) is 0 Å². The largest absolute Gasteiger partial charge is 0.375 e. The molecule has 1 saturated heterocycles. The number of hydrogen-bond donors (Lipinski definition) is 1. The zero-order valence-electron chi connectivity index (χ0n) is 11.3. The lowest BCUT2D eigenvalue weighted by molar-refractivity contribution is 0.0915. The Bertz CT molecular complexity index is 353. The molecule has 2 rings (SSSR count). The number of hydrogen-bond acceptors (Lipinski definition) is 4. The van der Waals surface area contributed by atoms with Crippen LogP contribution in [0.1, 0.15) is 44.4 Å². The molecule has 1 fully saturated rings. The van der Waals surface area contributed by atoms with Crippen LogP contribution in [0.2, 0.25) is 0 Å². The van der Waals surface area contributed by atoms with Gasteiger partial charge < -0.3 is 5.73 Å². The van der Waals surface area contributed by atoms with Crippen LogP contribution in [0.25, 0.3) is 0 Å². The number of nitrogens with zero attached hydrogens (tertiary/aromatic N) is 2. The van der Waals surface area contributed by atoms with E-state index in [1.807, 2.05) is 6.20 Å². The number of rotatable bonds is 4. The molecule has 1 aliphatic rings. The highest BCUT2D eigenvalue weighted by Crippen LogP contribution is 2.38. The summed E-state index contributed by atoms with van der Waals surface area (Å²) < 4.78 is 0. The lowest BCUT2D eigenvalue weighted by Gasteiger charge is -2.40. The van der Waals surface area contributed by atoms with Crippen molar-refractivity contribution in [1.29, 1.82) is 0 Å². The first-order valence-electron chi connectivity index (χ1n) is 6.60. The number of thiazole rings is 1. The van der Waals surface area contributed by atoms with E-state index in [0.29, 0.717) is 10.5 Å². The van der Waals surface area contributed by atoms with Gasteiger partial charge in [-0.15, -0.1) is 23.7 Å². The van der Waals surface area contributed by atoms with Gasteiger partial charge in [0.15, 0.2) is 5.13 Å². The van der Waals surface area contributed by atoms with Gasteiger partial charge >= 0.3 is 0 Å². The lowest BCUT2D eigenvalue weighted by atomic mass is 9.74. The molecule has 1 aliphatic heterocycles.